The van der Waals surface area contributed by atoms with Crippen LogP contribution >= 0.6 is 11.6 Å². The Bertz CT molecular complexity index is 445. The van der Waals surface area contributed by atoms with Crippen LogP contribution in [0.25, 0.3) is 0 Å². The predicted octanol–water partition coefficient (Wildman–Crippen LogP) is 2.15. The van der Waals surface area contributed by atoms with Crippen LogP contribution < -0.4 is 4.90 Å². The fourth-order valence-corrected chi connectivity index (χ4v) is 2.14. The van der Waals surface area contributed by atoms with Crippen LogP contribution in [0.3, 0.4) is 0 Å². The number of anilines is 1. The zero-order valence-electron chi connectivity index (χ0n) is 10.5. The molecule has 1 aromatic rings. The van der Waals surface area contributed by atoms with Crippen molar-refractivity contribution in [3.8, 4) is 0 Å². The van der Waals surface area contributed by atoms with Gasteiger partial charge in [-0.05, 0) is 18.8 Å². The topological polar surface area (TPSA) is 55.3 Å². The first-order valence-electron chi connectivity index (χ1n) is 5.98. The van der Waals surface area contributed by atoms with E-state index >= 15 is 0 Å². The second kappa shape index (κ2) is 5.52. The largest absolute Gasteiger partial charge is 0.464 e. The van der Waals surface area contributed by atoms with Gasteiger partial charge in [0.15, 0.2) is 5.69 Å². The number of ether oxygens (including phenoxy) is 1. The van der Waals surface area contributed by atoms with E-state index in [0.29, 0.717) is 5.95 Å². The van der Waals surface area contributed by atoms with E-state index in [2.05, 4.69) is 26.5 Å². The lowest BCUT2D eigenvalue weighted by Gasteiger charge is -2.30. The van der Waals surface area contributed by atoms with Crippen molar-refractivity contribution in [3.05, 3.63) is 16.9 Å². The van der Waals surface area contributed by atoms with Crippen LogP contribution in [-0.4, -0.2) is 36.1 Å². The number of aromatic nitrogens is 2. The summed E-state index contributed by atoms with van der Waals surface area (Å²) in [5.41, 5.74) is 0.200. The lowest BCUT2D eigenvalue weighted by Crippen LogP contribution is -2.34. The molecule has 5 nitrogen and oxygen atoms in total. The molecule has 1 aliphatic rings. The molecular weight excluding hydrogens is 254 g/mol. The number of nitrogens with zero attached hydrogens (tertiary/aromatic N) is 3. The fourth-order valence-electron chi connectivity index (χ4n) is 1.96. The van der Waals surface area contributed by atoms with Crippen molar-refractivity contribution in [3.63, 3.8) is 0 Å². The van der Waals surface area contributed by atoms with E-state index in [-0.39, 0.29) is 10.8 Å². The van der Waals surface area contributed by atoms with Gasteiger partial charge in [-0.1, -0.05) is 18.5 Å². The average Bonchev–Trinajstić information content (AvgIpc) is 2.38. The molecule has 6 heteroatoms. The maximum atomic E-state index is 11.5. The molecule has 0 bridgehead atoms. The molecule has 0 amide bonds. The highest BCUT2D eigenvalue weighted by atomic mass is 35.5. The van der Waals surface area contributed by atoms with Crippen molar-refractivity contribution in [1.29, 1.82) is 0 Å². The molecule has 2 rings (SSSR count). The van der Waals surface area contributed by atoms with Gasteiger partial charge in [-0.3, -0.25) is 0 Å². The SMILES string of the molecule is COC(=O)c1cc(Cl)nc(N2CCC(C)CC2)n1. The lowest BCUT2D eigenvalue weighted by molar-refractivity contribution is 0.0594. The molecule has 98 valence electrons. The molecule has 0 aromatic carbocycles. The van der Waals surface area contributed by atoms with Crippen LogP contribution in [0.2, 0.25) is 5.15 Å². The van der Waals surface area contributed by atoms with Crippen LogP contribution in [0.15, 0.2) is 6.07 Å². The molecule has 0 saturated carbocycles. The molecule has 0 unspecified atom stereocenters. The molecule has 18 heavy (non-hydrogen) atoms. The number of carbonyl (C=O) groups excluding carboxylic acids is 1. The van der Waals surface area contributed by atoms with E-state index in [4.69, 9.17) is 11.6 Å². The molecule has 0 N–H and O–H groups in total. The molecule has 1 aromatic heterocycles. The minimum Gasteiger partial charge on any atom is -0.464 e. The number of carbonyl (C=O) groups is 1. The average molecular weight is 270 g/mol. The Morgan fingerprint density at radius 1 is 1.44 bits per heavy atom. The summed E-state index contributed by atoms with van der Waals surface area (Å²) in [6.45, 7) is 4.01. The molecule has 2 heterocycles. The lowest BCUT2D eigenvalue weighted by atomic mass is 10.00. The zero-order valence-corrected chi connectivity index (χ0v) is 11.3. The van der Waals surface area contributed by atoms with Crippen LogP contribution in [-0.2, 0) is 4.74 Å². The van der Waals surface area contributed by atoms with Gasteiger partial charge >= 0.3 is 5.97 Å². The second-order valence-electron chi connectivity index (χ2n) is 4.54. The van der Waals surface area contributed by atoms with Gasteiger partial charge in [0.2, 0.25) is 5.95 Å². The van der Waals surface area contributed by atoms with E-state index in [0.717, 1.165) is 31.8 Å². The Balaban J connectivity index is 2.22. The fraction of sp³-hybridized carbons (Fsp3) is 0.583. The van der Waals surface area contributed by atoms with Crippen molar-refractivity contribution in [2.45, 2.75) is 19.8 Å². The first-order chi connectivity index (χ1) is 8.60. The number of halogens is 1. The summed E-state index contributed by atoms with van der Waals surface area (Å²) in [4.78, 5) is 21.9. The molecule has 1 aliphatic heterocycles. The normalized spacial score (nSPS) is 16.7. The molecule has 1 saturated heterocycles. The van der Waals surface area contributed by atoms with Crippen molar-refractivity contribution < 1.29 is 9.53 Å². The number of hydrogen-bond acceptors (Lipinski definition) is 5. The summed E-state index contributed by atoms with van der Waals surface area (Å²) in [6, 6.07) is 1.42. The van der Waals surface area contributed by atoms with Crippen LogP contribution in [0.4, 0.5) is 5.95 Å². The highest BCUT2D eigenvalue weighted by Gasteiger charge is 2.20. The highest BCUT2D eigenvalue weighted by Crippen LogP contribution is 2.21. The monoisotopic (exact) mass is 269 g/mol. The molecule has 0 aliphatic carbocycles. The minimum atomic E-state index is -0.495. The molecule has 0 spiro atoms. The Labute approximate surface area is 111 Å². The Kier molecular flexibility index (Phi) is 4.01. The van der Waals surface area contributed by atoms with Crippen molar-refractivity contribution in [2.75, 3.05) is 25.1 Å². The van der Waals surface area contributed by atoms with Gasteiger partial charge < -0.3 is 9.64 Å². The minimum absolute atomic E-state index is 0.200. The molecule has 1 fully saturated rings. The summed E-state index contributed by atoms with van der Waals surface area (Å²) < 4.78 is 4.64. The smallest absolute Gasteiger partial charge is 0.356 e. The van der Waals surface area contributed by atoms with Gasteiger partial charge in [-0.25, -0.2) is 14.8 Å². The van der Waals surface area contributed by atoms with Gasteiger partial charge in [0, 0.05) is 19.2 Å². The van der Waals surface area contributed by atoms with Crippen molar-refractivity contribution in [1.82, 2.24) is 9.97 Å². The van der Waals surface area contributed by atoms with Gasteiger partial charge in [0.05, 0.1) is 7.11 Å². The summed E-state index contributed by atoms with van der Waals surface area (Å²) >= 11 is 5.91. The van der Waals surface area contributed by atoms with Crippen molar-refractivity contribution in [2.24, 2.45) is 5.92 Å². The quantitative estimate of drug-likeness (QED) is 0.608. The Hall–Kier alpha value is -1.36. The van der Waals surface area contributed by atoms with Gasteiger partial charge in [-0.2, -0.15) is 0 Å². The van der Waals surface area contributed by atoms with E-state index < -0.39 is 5.97 Å². The molecule has 0 atom stereocenters. The van der Waals surface area contributed by atoms with E-state index in [1.165, 1.54) is 13.2 Å². The highest BCUT2D eigenvalue weighted by molar-refractivity contribution is 6.29. The predicted molar refractivity (Wildman–Crippen MR) is 69.0 cm³/mol. The van der Waals surface area contributed by atoms with Gasteiger partial charge in [0.25, 0.3) is 0 Å². The van der Waals surface area contributed by atoms with Crippen LogP contribution in [0.5, 0.6) is 0 Å². The third kappa shape index (κ3) is 2.90. The van der Waals surface area contributed by atoms with E-state index in [9.17, 15) is 4.79 Å². The summed E-state index contributed by atoms with van der Waals surface area (Å²) in [5.74, 6) is 0.737. The number of hydrogen-bond donors (Lipinski definition) is 0. The Morgan fingerprint density at radius 2 is 2.11 bits per heavy atom. The van der Waals surface area contributed by atoms with E-state index in [1.54, 1.807) is 0 Å². The maximum Gasteiger partial charge on any atom is 0.356 e. The maximum absolute atomic E-state index is 11.5. The van der Waals surface area contributed by atoms with Crippen LogP contribution in [0.1, 0.15) is 30.3 Å². The summed E-state index contributed by atoms with van der Waals surface area (Å²) in [6.07, 6.45) is 2.20. The first-order valence-corrected chi connectivity index (χ1v) is 6.36. The number of piperidine rings is 1. The van der Waals surface area contributed by atoms with Crippen molar-refractivity contribution >= 4 is 23.5 Å². The Morgan fingerprint density at radius 3 is 2.72 bits per heavy atom. The second-order valence-corrected chi connectivity index (χ2v) is 4.92. The molecular formula is C12H16ClN3O2. The number of rotatable bonds is 2. The summed E-state index contributed by atoms with van der Waals surface area (Å²) in [7, 11) is 1.32. The third-order valence-corrected chi connectivity index (χ3v) is 3.34. The van der Waals surface area contributed by atoms with E-state index in [1.807, 2.05) is 0 Å². The number of esters is 1. The zero-order chi connectivity index (χ0) is 13.1. The standard InChI is InChI=1S/C12H16ClN3O2/c1-8-3-5-16(6-4-8)12-14-9(11(17)18-2)7-10(13)15-12/h7-8H,3-6H2,1-2H3. The van der Waals surface area contributed by atoms with Gasteiger partial charge in [-0.15, -0.1) is 0 Å². The van der Waals surface area contributed by atoms with Crippen LogP contribution in [0, 0.1) is 5.92 Å². The van der Waals surface area contributed by atoms with Gasteiger partial charge in [0.1, 0.15) is 5.15 Å². The number of methoxy groups -OCH3 is 1. The third-order valence-electron chi connectivity index (χ3n) is 3.14. The molecule has 0 radical (unpaired) electrons. The first kappa shape index (κ1) is 13.1. The summed E-state index contributed by atoms with van der Waals surface area (Å²) in [5, 5.41) is 0.263.